The van der Waals surface area contributed by atoms with Gasteiger partial charge in [0.25, 0.3) is 0 Å². The van der Waals surface area contributed by atoms with Crippen LogP contribution in [0.3, 0.4) is 0 Å². The van der Waals surface area contributed by atoms with Crippen LogP contribution >= 0.6 is 34.8 Å². The predicted octanol–water partition coefficient (Wildman–Crippen LogP) is 1.89. The number of carboxylic acids is 1. The zero-order valence-corrected chi connectivity index (χ0v) is 54.4. The molecule has 0 spiro atoms. The summed E-state index contributed by atoms with van der Waals surface area (Å²) in [7, 11) is 3.83. The summed E-state index contributed by atoms with van der Waals surface area (Å²) in [6.07, 6.45) is 3.93. The SMILES string of the molecule is C1CCOCC1.CC(=O)N1CC(N)C1.CC(=O)N1CC(Nc2cc(C(=O)O)nc(N3CCOCC3)n2)C1.COC(=O)c1cc(Cl)nc(Cl)n1.COC(=O)c1cc(NC2CN(C(C)=O)C2)nc(Cl)n1.COC(=O)c1cc(NC2CN(C(C)=O)C2)nc(N2CCOCC2)n1. The second-order valence-corrected chi connectivity index (χ2v) is 22.3. The van der Waals surface area contributed by atoms with Crippen molar-refractivity contribution in [1.29, 1.82) is 0 Å². The van der Waals surface area contributed by atoms with Crippen molar-refractivity contribution in [3.63, 3.8) is 0 Å². The summed E-state index contributed by atoms with van der Waals surface area (Å²) < 4.78 is 29.4. The molecule has 0 atom stereocenters. The highest BCUT2D eigenvalue weighted by molar-refractivity contribution is 6.32. The van der Waals surface area contributed by atoms with Gasteiger partial charge >= 0.3 is 23.9 Å². The maximum Gasteiger partial charge on any atom is 0.356 e. The van der Waals surface area contributed by atoms with Crippen LogP contribution in [0, 0.1) is 0 Å². The van der Waals surface area contributed by atoms with Gasteiger partial charge in [0.1, 0.15) is 22.6 Å². The van der Waals surface area contributed by atoms with E-state index in [9.17, 15) is 43.5 Å². The molecule has 7 fully saturated rings. The predicted molar refractivity (Wildman–Crippen MR) is 334 cm³/mol. The molecule has 4 aromatic heterocycles. The molecule has 7 saturated heterocycles. The van der Waals surface area contributed by atoms with E-state index in [4.69, 9.17) is 59.5 Å². The first-order chi connectivity index (χ1) is 43.9. The number of rotatable bonds is 12. The summed E-state index contributed by atoms with van der Waals surface area (Å²) in [6, 6.07) is 6.27. The minimum Gasteiger partial charge on any atom is -0.477 e. The van der Waals surface area contributed by atoms with Crippen LogP contribution in [0.15, 0.2) is 24.3 Å². The molecular formula is C56H77Cl3N18O15. The molecule has 7 aliphatic heterocycles. The lowest BCUT2D eigenvalue weighted by atomic mass is 10.1. The van der Waals surface area contributed by atoms with Gasteiger partial charge in [0.15, 0.2) is 22.8 Å². The number of anilines is 5. The molecule has 0 bridgehead atoms. The number of halogens is 3. The molecule has 0 unspecified atom stereocenters. The zero-order valence-electron chi connectivity index (χ0n) is 52.1. The Bertz CT molecular complexity index is 3150. The molecule has 4 aromatic rings. The Labute approximate surface area is 545 Å². The summed E-state index contributed by atoms with van der Waals surface area (Å²) in [4.78, 5) is 132. The molecule has 36 heteroatoms. The van der Waals surface area contributed by atoms with E-state index in [-0.39, 0.29) is 86.3 Å². The lowest BCUT2D eigenvalue weighted by molar-refractivity contribution is -0.133. The molecule has 502 valence electrons. The number of morpholine rings is 2. The number of carbonyl (C=O) groups is 8. The number of aromatic nitrogens is 8. The van der Waals surface area contributed by atoms with Gasteiger partial charge < -0.3 is 84.6 Å². The van der Waals surface area contributed by atoms with Crippen molar-refractivity contribution in [3.05, 3.63) is 62.8 Å². The first-order valence-electron chi connectivity index (χ1n) is 29.2. The number of carbonyl (C=O) groups excluding carboxylic acids is 7. The third-order valence-electron chi connectivity index (χ3n) is 14.3. The summed E-state index contributed by atoms with van der Waals surface area (Å²) in [5.74, 6) is -0.192. The van der Waals surface area contributed by atoms with Crippen LogP contribution in [0.25, 0.3) is 0 Å². The minimum absolute atomic E-state index is 0.0333. The molecule has 7 aliphatic rings. The van der Waals surface area contributed by atoms with E-state index in [1.807, 2.05) is 9.80 Å². The molecule has 0 aliphatic carbocycles. The first kappa shape index (κ1) is 72.8. The van der Waals surface area contributed by atoms with Gasteiger partial charge in [-0.2, -0.15) is 9.97 Å². The Kier molecular flexibility index (Phi) is 28.6. The Morgan fingerprint density at radius 1 is 0.457 bits per heavy atom. The summed E-state index contributed by atoms with van der Waals surface area (Å²) in [6.45, 7) is 18.2. The van der Waals surface area contributed by atoms with Crippen molar-refractivity contribution in [1.82, 2.24) is 59.5 Å². The van der Waals surface area contributed by atoms with Crippen molar-refractivity contribution in [3.8, 4) is 0 Å². The van der Waals surface area contributed by atoms with Crippen LogP contribution in [0.4, 0.5) is 29.4 Å². The van der Waals surface area contributed by atoms with Crippen LogP contribution in [-0.2, 0) is 47.6 Å². The molecule has 0 radical (unpaired) electrons. The van der Waals surface area contributed by atoms with E-state index >= 15 is 0 Å². The standard InChI is InChI=1S/C15H21N5O4.C14H19N5O4.C11H13ClN4O3.C6H4Cl2N2O2.C5H10N2O.C5H10O/c1-10(21)20-8-11(9-20)16-13-7-12(14(22)23-2)17-15(18-13)19-3-5-24-6-4-19;1-9(20)19-7-10(8-19)15-12-6-11(13(21)22)16-14(17-12)18-2-4-23-5-3-18;1-6(17)16-4-7(5-16)13-9-3-8(10(18)19-2)14-11(12)15-9;1-12-5(11)3-2-4(7)10-6(8)9-3;1-4(8)7-2-5(6)3-7;1-2-4-6-5-3-1/h7,11H,3-6,8-9H2,1-2H3,(H,16,17,18);6,10H,2-5,7-8H2,1H3,(H,21,22)(H,15,16,17);3,7H,4-5H2,1-2H3,(H,13,14,15);2H,1H3;5H,2-3,6H2,1H3;1-5H2. The normalized spacial score (nSPS) is 17.0. The van der Waals surface area contributed by atoms with Gasteiger partial charge in [-0.15, -0.1) is 0 Å². The molecule has 11 rings (SSSR count). The fourth-order valence-corrected chi connectivity index (χ4v) is 9.60. The Morgan fingerprint density at radius 3 is 1.10 bits per heavy atom. The average molecular weight is 1350 g/mol. The molecule has 0 aromatic carbocycles. The first-order valence-corrected chi connectivity index (χ1v) is 30.4. The van der Waals surface area contributed by atoms with E-state index in [0.717, 1.165) is 26.3 Å². The molecule has 6 N–H and O–H groups in total. The van der Waals surface area contributed by atoms with Gasteiger partial charge in [0.05, 0.1) is 65.9 Å². The number of nitrogens with zero attached hydrogens (tertiary/aromatic N) is 14. The van der Waals surface area contributed by atoms with Gasteiger partial charge in [-0.3, -0.25) is 19.2 Å². The van der Waals surface area contributed by atoms with Crippen LogP contribution in [0.5, 0.6) is 0 Å². The third-order valence-corrected chi connectivity index (χ3v) is 14.8. The van der Waals surface area contributed by atoms with Gasteiger partial charge in [0.2, 0.25) is 46.1 Å². The maximum atomic E-state index is 11.9. The largest absolute Gasteiger partial charge is 0.477 e. The zero-order chi connectivity index (χ0) is 67.0. The van der Waals surface area contributed by atoms with Crippen molar-refractivity contribution in [2.45, 2.75) is 71.1 Å². The number of likely N-dealkylation sites (tertiary alicyclic amines) is 4. The molecule has 4 amide bonds. The lowest BCUT2D eigenvalue weighted by Crippen LogP contribution is -2.57. The number of methoxy groups -OCH3 is 3. The second-order valence-electron chi connectivity index (χ2n) is 21.3. The highest BCUT2D eigenvalue weighted by Crippen LogP contribution is 2.23. The molecular weight excluding hydrogens is 1270 g/mol. The van der Waals surface area contributed by atoms with E-state index < -0.39 is 23.9 Å². The number of amides is 4. The fraction of sp³-hybridized carbons (Fsp3) is 0.571. The van der Waals surface area contributed by atoms with Crippen LogP contribution in [-0.4, -0.2) is 276 Å². The van der Waals surface area contributed by atoms with E-state index in [2.05, 4.69) is 65.3 Å². The topological polar surface area (TPSA) is 397 Å². The maximum absolute atomic E-state index is 11.9. The van der Waals surface area contributed by atoms with Crippen LogP contribution in [0.1, 0.15) is 88.9 Å². The van der Waals surface area contributed by atoms with Gasteiger partial charge in [-0.25, -0.2) is 49.1 Å². The number of carboxylic acid groups (broad SMARTS) is 1. The highest BCUT2D eigenvalue weighted by Gasteiger charge is 2.32. The lowest BCUT2D eigenvalue weighted by Gasteiger charge is -2.39. The molecule has 0 saturated carbocycles. The van der Waals surface area contributed by atoms with Crippen molar-refractivity contribution in [2.75, 3.05) is 165 Å². The summed E-state index contributed by atoms with van der Waals surface area (Å²) >= 11 is 16.7. The Morgan fingerprint density at radius 2 is 0.783 bits per heavy atom. The molecule has 33 nitrogen and oxygen atoms in total. The van der Waals surface area contributed by atoms with E-state index in [1.165, 1.54) is 72.6 Å². The molecule has 92 heavy (non-hydrogen) atoms. The quantitative estimate of drug-likeness (QED) is 0.0585. The number of nitrogens with two attached hydrogens (primary N) is 1. The summed E-state index contributed by atoms with van der Waals surface area (Å²) in [5.41, 5.74) is 5.71. The average Bonchev–Trinajstić information content (AvgIpc) is 1.09. The number of nitrogens with one attached hydrogen (secondary N) is 3. The summed E-state index contributed by atoms with van der Waals surface area (Å²) in [5, 5.41) is 18.7. The number of hydrogen-bond acceptors (Lipinski definition) is 28. The number of hydrogen-bond donors (Lipinski definition) is 5. The van der Waals surface area contributed by atoms with Crippen LogP contribution in [0.2, 0.25) is 15.7 Å². The minimum atomic E-state index is -1.09. The third kappa shape index (κ3) is 23.2. The number of esters is 3. The van der Waals surface area contributed by atoms with Crippen molar-refractivity contribution >= 4 is 112 Å². The Balaban J connectivity index is 0.000000185. The van der Waals surface area contributed by atoms with E-state index in [0.29, 0.717) is 121 Å². The van der Waals surface area contributed by atoms with Crippen molar-refractivity contribution in [2.24, 2.45) is 5.73 Å². The van der Waals surface area contributed by atoms with Crippen LogP contribution < -0.4 is 31.5 Å². The molecule has 11 heterocycles. The fourth-order valence-electron chi connectivity index (χ4n) is 9.01. The van der Waals surface area contributed by atoms with Crippen molar-refractivity contribution < 1.29 is 71.9 Å². The highest BCUT2D eigenvalue weighted by atomic mass is 35.5. The van der Waals surface area contributed by atoms with E-state index in [1.54, 1.807) is 39.5 Å². The number of aromatic carboxylic acids is 1. The Hall–Kier alpha value is -8.21. The smallest absolute Gasteiger partial charge is 0.356 e. The van der Waals surface area contributed by atoms with Gasteiger partial charge in [0, 0.05) is 150 Å². The number of ether oxygens (including phenoxy) is 6. The monoisotopic (exact) mass is 1350 g/mol. The van der Waals surface area contributed by atoms with Gasteiger partial charge in [-0.05, 0) is 42.5 Å². The van der Waals surface area contributed by atoms with Gasteiger partial charge in [-0.1, -0.05) is 11.6 Å². The second kappa shape index (κ2) is 36.1.